The number of carbonyl (C=O) groups is 1. The van der Waals surface area contributed by atoms with E-state index in [2.05, 4.69) is 10.3 Å². The number of nitrogens with two attached hydrogens (primary N) is 1. The van der Waals surface area contributed by atoms with Crippen LogP contribution in [0.2, 0.25) is 0 Å². The monoisotopic (exact) mass is 514 g/mol. The van der Waals surface area contributed by atoms with E-state index in [4.69, 9.17) is 24.7 Å². The van der Waals surface area contributed by atoms with Gasteiger partial charge in [0, 0.05) is 23.8 Å². The molecule has 0 radical (unpaired) electrons. The zero-order chi connectivity index (χ0) is 27.4. The molecule has 0 aromatic heterocycles. The van der Waals surface area contributed by atoms with Crippen molar-refractivity contribution in [1.82, 2.24) is 5.32 Å². The van der Waals surface area contributed by atoms with Gasteiger partial charge in [-0.05, 0) is 56.0 Å². The summed E-state index contributed by atoms with van der Waals surface area (Å²) in [5, 5.41) is 14.8. The smallest absolute Gasteiger partial charge is 0.237 e. The van der Waals surface area contributed by atoms with Gasteiger partial charge in [-0.1, -0.05) is 32.9 Å². The van der Waals surface area contributed by atoms with Gasteiger partial charge in [0.2, 0.25) is 5.91 Å². The molecule has 37 heavy (non-hydrogen) atoms. The molecule has 1 amide bonds. The number of carbonyl (C=O) groups excluding carboxylic acids is 1. The molecule has 204 valence electrons. The minimum atomic E-state index is -0.726. The van der Waals surface area contributed by atoms with Gasteiger partial charge in [-0.3, -0.25) is 9.79 Å². The van der Waals surface area contributed by atoms with E-state index in [1.807, 2.05) is 43.3 Å². The lowest BCUT2D eigenvalue weighted by Crippen LogP contribution is -2.42. The number of unbranched alkanes of at least 4 members (excludes halogenated alkanes) is 1. The van der Waals surface area contributed by atoms with Crippen molar-refractivity contribution >= 4 is 12.0 Å². The Morgan fingerprint density at radius 3 is 2.32 bits per heavy atom. The number of nitrogens with zero attached hydrogens (tertiary/aromatic N) is 1. The van der Waals surface area contributed by atoms with Crippen molar-refractivity contribution in [1.29, 1.82) is 0 Å². The lowest BCUT2D eigenvalue weighted by atomic mass is 9.96. The predicted octanol–water partition coefficient (Wildman–Crippen LogP) is 3.34. The summed E-state index contributed by atoms with van der Waals surface area (Å²) in [6.45, 7) is 8.18. The molecule has 0 saturated heterocycles. The first kappa shape index (κ1) is 29.8. The molecule has 0 spiro atoms. The van der Waals surface area contributed by atoms with Gasteiger partial charge in [-0.15, -0.1) is 0 Å². The molecule has 2 aromatic rings. The minimum Gasteiger partial charge on any atom is -0.595 e. The Balaban J connectivity index is 2.11. The normalized spacial score (nSPS) is 13.4. The largest absolute Gasteiger partial charge is 0.595 e. The Hall–Kier alpha value is -3.46. The van der Waals surface area contributed by atoms with Crippen molar-refractivity contribution < 1.29 is 28.8 Å². The van der Waals surface area contributed by atoms with E-state index >= 15 is 0 Å². The zero-order valence-corrected chi connectivity index (χ0v) is 22.7. The van der Waals surface area contributed by atoms with Crippen LogP contribution in [0.4, 0.5) is 0 Å². The predicted molar refractivity (Wildman–Crippen MR) is 142 cm³/mol. The summed E-state index contributed by atoms with van der Waals surface area (Å²) in [5.74, 6) is 1.68. The fourth-order valence-corrected chi connectivity index (χ4v) is 3.64. The van der Waals surface area contributed by atoms with Crippen LogP contribution in [0.5, 0.6) is 17.2 Å². The van der Waals surface area contributed by atoms with Gasteiger partial charge >= 0.3 is 0 Å². The van der Waals surface area contributed by atoms with Gasteiger partial charge in [0.1, 0.15) is 23.3 Å². The molecule has 0 aliphatic rings. The molecular weight excluding hydrogens is 474 g/mol. The van der Waals surface area contributed by atoms with Gasteiger partial charge in [-0.25, -0.2) is 0 Å². The first-order chi connectivity index (χ1) is 17.6. The number of hydrogen-bond donors (Lipinski definition) is 2. The lowest BCUT2D eigenvalue weighted by Gasteiger charge is -2.29. The van der Waals surface area contributed by atoms with Crippen molar-refractivity contribution in [2.75, 3.05) is 27.4 Å². The van der Waals surface area contributed by atoms with Crippen molar-refractivity contribution in [3.05, 3.63) is 53.6 Å². The van der Waals surface area contributed by atoms with E-state index in [0.717, 1.165) is 16.9 Å². The Kier molecular flexibility index (Phi) is 11.5. The highest BCUT2D eigenvalue weighted by Gasteiger charge is 2.24. The van der Waals surface area contributed by atoms with Gasteiger partial charge in [0.05, 0.1) is 32.9 Å². The van der Waals surface area contributed by atoms with Crippen LogP contribution in [0.15, 0.2) is 47.5 Å². The van der Waals surface area contributed by atoms with Crippen LogP contribution in [0, 0.1) is 0 Å². The van der Waals surface area contributed by atoms with Crippen LogP contribution in [0.25, 0.3) is 0 Å². The summed E-state index contributed by atoms with van der Waals surface area (Å²) in [6.07, 6.45) is 1.13. The number of rotatable bonds is 13. The van der Waals surface area contributed by atoms with Crippen LogP contribution in [-0.4, -0.2) is 51.0 Å². The summed E-state index contributed by atoms with van der Waals surface area (Å²) in [7, 11) is 3.16. The average molecular weight is 515 g/mol. The summed E-state index contributed by atoms with van der Waals surface area (Å²) >= 11 is 0. The van der Waals surface area contributed by atoms with E-state index in [9.17, 15) is 9.90 Å². The molecule has 2 aromatic carbocycles. The van der Waals surface area contributed by atoms with E-state index in [0.29, 0.717) is 43.9 Å². The van der Waals surface area contributed by atoms with Crippen molar-refractivity contribution in [3.8, 4) is 17.2 Å². The first-order valence-electron chi connectivity index (χ1n) is 12.5. The lowest BCUT2D eigenvalue weighted by molar-refractivity contribution is -0.260. The van der Waals surface area contributed by atoms with E-state index in [1.165, 1.54) is 0 Å². The highest BCUT2D eigenvalue weighted by molar-refractivity contribution is 5.82. The quantitative estimate of drug-likeness (QED) is 0.238. The molecule has 0 saturated carbocycles. The number of benzene rings is 2. The zero-order valence-electron chi connectivity index (χ0n) is 22.7. The molecule has 0 aliphatic heterocycles. The molecule has 2 rings (SSSR count). The van der Waals surface area contributed by atoms with Crippen LogP contribution in [0.1, 0.15) is 64.1 Å². The third-order valence-electron chi connectivity index (χ3n) is 5.46. The Morgan fingerprint density at radius 2 is 1.73 bits per heavy atom. The fourth-order valence-electron chi connectivity index (χ4n) is 3.64. The van der Waals surface area contributed by atoms with Crippen LogP contribution < -0.4 is 30.4 Å². The minimum absolute atomic E-state index is 0.291. The van der Waals surface area contributed by atoms with Gasteiger partial charge in [0.25, 0.3) is 0 Å². The standard InChI is InChI=1S/C28H41N3O6/c1-7-36-20-13-11-19(12-14-20)25(22-16-15-21(34-5)18-24(22)35-6)31-26(32)23(29)10-8-9-17-30-27(33)37-28(2,3)4/h11-16,18,23,25H,7-10,17,29H2,1-6H3,(H,30,33)(H,31,32)/p-1. The number of methoxy groups -OCH3 is 2. The van der Waals surface area contributed by atoms with Crippen LogP contribution >= 0.6 is 0 Å². The second kappa shape index (κ2) is 14.3. The fraction of sp³-hybridized carbons (Fsp3) is 0.500. The second-order valence-corrected chi connectivity index (χ2v) is 9.52. The second-order valence-electron chi connectivity index (χ2n) is 9.52. The Morgan fingerprint density at radius 1 is 1.05 bits per heavy atom. The van der Waals surface area contributed by atoms with Crippen LogP contribution in [-0.2, 0) is 9.53 Å². The molecule has 3 N–H and O–H groups in total. The highest BCUT2D eigenvalue weighted by atomic mass is 16.6. The van der Waals surface area contributed by atoms with E-state index < -0.39 is 23.8 Å². The van der Waals surface area contributed by atoms with Crippen molar-refractivity contribution in [2.45, 2.75) is 64.6 Å². The summed E-state index contributed by atoms with van der Waals surface area (Å²) in [4.78, 5) is 17.0. The highest BCUT2D eigenvalue weighted by Crippen LogP contribution is 2.34. The Bertz CT molecular complexity index is 1020. The maximum Gasteiger partial charge on any atom is 0.237 e. The maximum atomic E-state index is 13.1. The summed E-state index contributed by atoms with van der Waals surface area (Å²) < 4.78 is 21.6. The van der Waals surface area contributed by atoms with Gasteiger partial charge in [0.15, 0.2) is 0 Å². The van der Waals surface area contributed by atoms with Crippen LogP contribution in [0.3, 0.4) is 0 Å². The molecule has 0 aliphatic carbocycles. The van der Waals surface area contributed by atoms with Crippen molar-refractivity contribution in [2.24, 2.45) is 10.7 Å². The molecule has 9 heteroatoms. The molecule has 9 nitrogen and oxygen atoms in total. The third kappa shape index (κ3) is 9.84. The average Bonchev–Trinajstić information content (AvgIpc) is 2.86. The van der Waals surface area contributed by atoms with Gasteiger partial charge < -0.3 is 35.1 Å². The maximum absolute atomic E-state index is 13.1. The number of hydrogen-bond acceptors (Lipinski definition) is 8. The number of amides is 1. The topological polar surface area (TPSA) is 127 Å². The molecule has 0 bridgehead atoms. The molecule has 0 heterocycles. The molecule has 2 atom stereocenters. The first-order valence-corrected chi connectivity index (χ1v) is 12.5. The number of nitrogens with one attached hydrogen (secondary N) is 1. The SMILES string of the molecule is CCOc1ccc(C(NC(=O)C(N)CCCCN=C([O-])OC(C)(C)C)c2ccc(OC)cc2OC)cc1. The summed E-state index contributed by atoms with van der Waals surface area (Å²) in [5.41, 5.74) is 7.26. The Labute approximate surface area is 220 Å². The van der Waals surface area contributed by atoms with E-state index in [1.54, 1.807) is 41.1 Å². The number of aliphatic imine (C=N–C) groups is 1. The van der Waals surface area contributed by atoms with Gasteiger partial charge in [-0.2, -0.15) is 0 Å². The third-order valence-corrected chi connectivity index (χ3v) is 5.46. The van der Waals surface area contributed by atoms with Crippen molar-refractivity contribution in [3.63, 3.8) is 0 Å². The van der Waals surface area contributed by atoms with E-state index in [-0.39, 0.29) is 5.91 Å². The molecule has 0 fully saturated rings. The summed E-state index contributed by atoms with van der Waals surface area (Å²) in [6, 6.07) is 11.8. The molecular formula is C28H40N3O6-. The number of ether oxygens (including phenoxy) is 4. The molecule has 2 unspecified atom stereocenters.